The Bertz CT molecular complexity index is 241. The zero-order valence-corrected chi connectivity index (χ0v) is 9.58. The molecule has 4 heteroatoms. The second kappa shape index (κ2) is 5.85. The number of hydrogen-bond acceptors (Lipinski definition) is 3. The second-order valence-electron chi connectivity index (χ2n) is 4.01. The Morgan fingerprint density at radius 3 is 2.87 bits per heavy atom. The van der Waals surface area contributed by atoms with Gasteiger partial charge in [-0.25, -0.2) is 0 Å². The highest BCUT2D eigenvalue weighted by Crippen LogP contribution is 2.15. The van der Waals surface area contributed by atoms with Crippen molar-refractivity contribution >= 4 is 11.7 Å². The monoisotopic (exact) mass is 212 g/mol. The van der Waals surface area contributed by atoms with Crippen molar-refractivity contribution in [2.24, 2.45) is 5.92 Å². The van der Waals surface area contributed by atoms with Gasteiger partial charge >= 0.3 is 0 Å². The van der Waals surface area contributed by atoms with E-state index in [-0.39, 0.29) is 11.8 Å². The number of amides is 1. The average molecular weight is 212 g/mol. The van der Waals surface area contributed by atoms with Crippen molar-refractivity contribution in [3.05, 3.63) is 0 Å². The minimum Gasteiger partial charge on any atom is -0.355 e. The number of Topliss-reactive ketones (excluding diaryl/α,β-unsaturated/α-hetero) is 1. The van der Waals surface area contributed by atoms with Crippen LogP contribution in [0.25, 0.3) is 0 Å². The first-order chi connectivity index (χ1) is 7.17. The van der Waals surface area contributed by atoms with Crippen LogP contribution in [0.5, 0.6) is 0 Å². The van der Waals surface area contributed by atoms with E-state index in [1.165, 1.54) is 0 Å². The van der Waals surface area contributed by atoms with Crippen molar-refractivity contribution in [2.45, 2.75) is 26.7 Å². The molecule has 0 aliphatic carbocycles. The lowest BCUT2D eigenvalue weighted by molar-refractivity contribution is -0.129. The van der Waals surface area contributed by atoms with E-state index < -0.39 is 0 Å². The molecule has 0 aromatic carbocycles. The first-order valence-corrected chi connectivity index (χ1v) is 5.69. The summed E-state index contributed by atoms with van der Waals surface area (Å²) in [5, 5.41) is 2.77. The topological polar surface area (TPSA) is 49.4 Å². The molecule has 0 radical (unpaired) electrons. The van der Waals surface area contributed by atoms with Gasteiger partial charge in [0.25, 0.3) is 0 Å². The smallest absolute Gasteiger partial charge is 0.234 e. The summed E-state index contributed by atoms with van der Waals surface area (Å²) in [7, 11) is 0. The lowest BCUT2D eigenvalue weighted by Crippen LogP contribution is -2.45. The van der Waals surface area contributed by atoms with E-state index in [0.717, 1.165) is 19.5 Å². The van der Waals surface area contributed by atoms with E-state index in [0.29, 0.717) is 25.3 Å². The molecule has 15 heavy (non-hydrogen) atoms. The summed E-state index contributed by atoms with van der Waals surface area (Å²) >= 11 is 0. The second-order valence-corrected chi connectivity index (χ2v) is 4.01. The van der Waals surface area contributed by atoms with Crippen LogP contribution in [0.15, 0.2) is 0 Å². The molecule has 1 N–H and O–H groups in total. The zero-order valence-electron chi connectivity index (χ0n) is 9.58. The molecule has 0 spiro atoms. The quantitative estimate of drug-likeness (QED) is 0.735. The molecule has 0 aromatic rings. The van der Waals surface area contributed by atoms with Gasteiger partial charge in [0, 0.05) is 32.0 Å². The molecule has 0 saturated carbocycles. The molecule has 1 unspecified atom stereocenters. The van der Waals surface area contributed by atoms with E-state index in [9.17, 15) is 9.59 Å². The molecule has 86 valence electrons. The number of nitrogens with one attached hydrogen (secondary N) is 1. The maximum Gasteiger partial charge on any atom is 0.234 e. The van der Waals surface area contributed by atoms with E-state index in [1.807, 2.05) is 13.8 Å². The lowest BCUT2D eigenvalue weighted by atomic mass is 9.94. The van der Waals surface area contributed by atoms with E-state index in [4.69, 9.17) is 0 Å². The van der Waals surface area contributed by atoms with Crippen molar-refractivity contribution < 1.29 is 9.59 Å². The van der Waals surface area contributed by atoms with Crippen molar-refractivity contribution in [3.63, 3.8) is 0 Å². The standard InChI is InChI=1S/C11H20N2O2/c1-3-9-7-13(6-5-10(9)14)8-11(15)12-4-2/h9H,3-8H2,1-2H3,(H,12,15). The number of nitrogens with zero attached hydrogens (tertiary/aromatic N) is 1. The summed E-state index contributed by atoms with van der Waals surface area (Å²) < 4.78 is 0. The van der Waals surface area contributed by atoms with Crippen LogP contribution in [0.2, 0.25) is 0 Å². The highest BCUT2D eigenvalue weighted by Gasteiger charge is 2.26. The largest absolute Gasteiger partial charge is 0.355 e. The minimum absolute atomic E-state index is 0.0571. The number of carbonyl (C=O) groups excluding carboxylic acids is 2. The third-order valence-electron chi connectivity index (χ3n) is 2.84. The number of likely N-dealkylation sites (tertiary alicyclic amines) is 1. The molecule has 1 aliphatic heterocycles. The maximum atomic E-state index is 11.5. The fourth-order valence-electron chi connectivity index (χ4n) is 1.93. The van der Waals surface area contributed by atoms with E-state index in [2.05, 4.69) is 10.2 Å². The Morgan fingerprint density at radius 2 is 2.27 bits per heavy atom. The molecule has 0 bridgehead atoms. The third-order valence-corrected chi connectivity index (χ3v) is 2.84. The van der Waals surface area contributed by atoms with Gasteiger partial charge in [-0.15, -0.1) is 0 Å². The summed E-state index contributed by atoms with van der Waals surface area (Å²) in [6, 6.07) is 0. The average Bonchev–Trinajstić information content (AvgIpc) is 2.21. The van der Waals surface area contributed by atoms with Gasteiger partial charge in [-0.3, -0.25) is 14.5 Å². The van der Waals surface area contributed by atoms with Crippen LogP contribution >= 0.6 is 0 Å². The molecule has 0 aromatic heterocycles. The predicted molar refractivity (Wildman–Crippen MR) is 58.5 cm³/mol. The number of ketones is 1. The Morgan fingerprint density at radius 1 is 1.53 bits per heavy atom. The Hall–Kier alpha value is -0.900. The van der Waals surface area contributed by atoms with Crippen LogP contribution in [0.4, 0.5) is 0 Å². The highest BCUT2D eigenvalue weighted by atomic mass is 16.2. The molecule has 1 aliphatic rings. The molecule has 1 amide bonds. The van der Waals surface area contributed by atoms with Gasteiger partial charge in [0.15, 0.2) is 0 Å². The van der Waals surface area contributed by atoms with Gasteiger partial charge in [-0.05, 0) is 13.3 Å². The van der Waals surface area contributed by atoms with Crippen molar-refractivity contribution in [3.8, 4) is 0 Å². The number of carbonyl (C=O) groups is 2. The predicted octanol–water partition coefficient (Wildman–Crippen LogP) is 0.423. The lowest BCUT2D eigenvalue weighted by Gasteiger charge is -2.30. The molecule has 1 fully saturated rings. The van der Waals surface area contributed by atoms with Crippen LogP contribution in [-0.4, -0.2) is 42.8 Å². The molecule has 4 nitrogen and oxygen atoms in total. The van der Waals surface area contributed by atoms with Gasteiger partial charge < -0.3 is 5.32 Å². The fourth-order valence-corrected chi connectivity index (χ4v) is 1.93. The number of piperidine rings is 1. The molecule has 1 saturated heterocycles. The van der Waals surface area contributed by atoms with Crippen LogP contribution in [0.3, 0.4) is 0 Å². The Balaban J connectivity index is 2.38. The van der Waals surface area contributed by atoms with E-state index in [1.54, 1.807) is 0 Å². The SMILES string of the molecule is CCNC(=O)CN1CCC(=O)C(CC)C1. The zero-order chi connectivity index (χ0) is 11.3. The first kappa shape index (κ1) is 12.2. The summed E-state index contributed by atoms with van der Waals surface area (Å²) in [5.41, 5.74) is 0. The van der Waals surface area contributed by atoms with Crippen molar-refractivity contribution in [1.82, 2.24) is 10.2 Å². The molecular weight excluding hydrogens is 192 g/mol. The van der Waals surface area contributed by atoms with Gasteiger partial charge in [0.2, 0.25) is 5.91 Å². The minimum atomic E-state index is 0.0571. The fraction of sp³-hybridized carbons (Fsp3) is 0.818. The summed E-state index contributed by atoms with van der Waals surface area (Å²) in [6.45, 7) is 6.50. The summed E-state index contributed by atoms with van der Waals surface area (Å²) in [4.78, 5) is 24.9. The number of hydrogen-bond donors (Lipinski definition) is 1. The Labute approximate surface area is 91.0 Å². The van der Waals surface area contributed by atoms with Crippen LogP contribution in [0, 0.1) is 5.92 Å². The highest BCUT2D eigenvalue weighted by molar-refractivity contribution is 5.83. The van der Waals surface area contributed by atoms with Crippen LogP contribution in [0.1, 0.15) is 26.7 Å². The van der Waals surface area contributed by atoms with Gasteiger partial charge in [0.1, 0.15) is 5.78 Å². The van der Waals surface area contributed by atoms with Crippen molar-refractivity contribution in [1.29, 1.82) is 0 Å². The van der Waals surface area contributed by atoms with Gasteiger partial charge in [0.05, 0.1) is 6.54 Å². The van der Waals surface area contributed by atoms with Gasteiger partial charge in [-0.2, -0.15) is 0 Å². The van der Waals surface area contributed by atoms with Crippen molar-refractivity contribution in [2.75, 3.05) is 26.2 Å². The Kier molecular flexibility index (Phi) is 4.75. The molecule has 1 heterocycles. The molecular formula is C11H20N2O2. The van der Waals surface area contributed by atoms with Gasteiger partial charge in [-0.1, -0.05) is 6.92 Å². The molecule has 1 rings (SSSR count). The third kappa shape index (κ3) is 3.63. The first-order valence-electron chi connectivity index (χ1n) is 5.69. The summed E-state index contributed by atoms with van der Waals surface area (Å²) in [5.74, 6) is 0.541. The van der Waals surface area contributed by atoms with Crippen LogP contribution in [-0.2, 0) is 9.59 Å². The summed E-state index contributed by atoms with van der Waals surface area (Å²) in [6.07, 6.45) is 1.47. The number of likely N-dealkylation sites (N-methyl/N-ethyl adjacent to an activating group) is 1. The number of rotatable bonds is 4. The molecule has 1 atom stereocenters. The maximum absolute atomic E-state index is 11.5. The van der Waals surface area contributed by atoms with E-state index >= 15 is 0 Å². The van der Waals surface area contributed by atoms with Crippen LogP contribution < -0.4 is 5.32 Å². The normalized spacial score (nSPS) is 22.8.